The maximum Gasteiger partial charge on any atom is 0.303 e. The van der Waals surface area contributed by atoms with Crippen molar-refractivity contribution >= 4 is 11.9 Å². The summed E-state index contributed by atoms with van der Waals surface area (Å²) in [7, 11) is 0. The Morgan fingerprint density at radius 1 is 0.448 bits per heavy atom. The van der Waals surface area contributed by atoms with Gasteiger partial charge in [0.25, 0.3) is 0 Å². The molecule has 0 amide bonds. The van der Waals surface area contributed by atoms with Crippen molar-refractivity contribution in [2.75, 3.05) is 0 Å². The van der Waals surface area contributed by atoms with Crippen LogP contribution in [0.3, 0.4) is 0 Å². The number of carbonyl (C=O) groups is 2. The topological polar surface area (TPSA) is 74.6 Å². The van der Waals surface area contributed by atoms with E-state index < -0.39 is 11.9 Å². The van der Waals surface area contributed by atoms with Crippen LogP contribution < -0.4 is 0 Å². The van der Waals surface area contributed by atoms with E-state index in [1.54, 1.807) is 0 Å². The molecule has 4 nitrogen and oxygen atoms in total. The molecule has 0 aromatic carbocycles. The van der Waals surface area contributed by atoms with E-state index in [9.17, 15) is 9.59 Å². The molecule has 0 saturated carbocycles. The van der Waals surface area contributed by atoms with Crippen LogP contribution in [0.4, 0.5) is 0 Å². The number of carboxylic acid groups (broad SMARTS) is 2. The molecule has 0 aromatic heterocycles. The first-order chi connectivity index (χ1) is 13.5. The van der Waals surface area contributed by atoms with Gasteiger partial charge >= 0.3 is 11.9 Å². The fourth-order valence-corrected chi connectivity index (χ4v) is 3.17. The molecule has 2 N–H and O–H groups in total. The molecule has 0 fully saturated rings. The third-order valence-corrected chi connectivity index (χ3v) is 4.99. The van der Waals surface area contributed by atoms with Crippen LogP contribution in [-0.2, 0) is 30.0 Å². The molecule has 0 heterocycles. The smallest absolute Gasteiger partial charge is 0.303 e. The summed E-state index contributed by atoms with van der Waals surface area (Å²) in [4.78, 5) is 20.4. The van der Waals surface area contributed by atoms with Crippen LogP contribution in [0.25, 0.3) is 0 Å². The van der Waals surface area contributed by atoms with Gasteiger partial charge in [0.05, 0.1) is 0 Å². The van der Waals surface area contributed by atoms with Crippen molar-refractivity contribution in [1.29, 1.82) is 0 Å². The molecular formula is C24H48O4Pd. The standard InChI is InChI=1S/2C12H24O2.Pd/c2*1-2-3-4-5-6-7-8-9-10-11-12(13)14;/h2*2-11H2,1H3,(H,13,14);. The van der Waals surface area contributed by atoms with Gasteiger partial charge in [-0.1, -0.05) is 117 Å². The Hall–Kier alpha value is -0.398. The van der Waals surface area contributed by atoms with Crippen LogP contribution in [0.1, 0.15) is 142 Å². The first-order valence-corrected chi connectivity index (χ1v) is 12.0. The number of aliphatic carboxylic acids is 2. The fraction of sp³-hybridized carbons (Fsp3) is 0.917. The SMILES string of the molecule is CCCCCCCCCCCC(=O)O.CCCCCCCCCCCC(=O)O.[Pd]. The van der Waals surface area contributed by atoms with E-state index in [-0.39, 0.29) is 20.4 Å². The van der Waals surface area contributed by atoms with Gasteiger partial charge in [0.15, 0.2) is 0 Å². The molecule has 0 aliphatic carbocycles. The molecule has 0 rings (SSSR count). The van der Waals surface area contributed by atoms with Crippen LogP contribution in [-0.4, -0.2) is 22.2 Å². The van der Waals surface area contributed by atoms with Crippen molar-refractivity contribution in [3.8, 4) is 0 Å². The molecule has 0 saturated heterocycles. The Labute approximate surface area is 194 Å². The Kier molecular flexibility index (Phi) is 34.2. The van der Waals surface area contributed by atoms with Gasteiger partial charge in [0.1, 0.15) is 0 Å². The summed E-state index contributed by atoms with van der Waals surface area (Å²) in [5, 5.41) is 16.8. The molecule has 5 heteroatoms. The second-order valence-corrected chi connectivity index (χ2v) is 7.94. The van der Waals surface area contributed by atoms with Crippen molar-refractivity contribution in [2.45, 2.75) is 142 Å². The van der Waals surface area contributed by atoms with Gasteiger partial charge in [-0.25, -0.2) is 0 Å². The van der Waals surface area contributed by atoms with Crippen molar-refractivity contribution in [1.82, 2.24) is 0 Å². The zero-order chi connectivity index (χ0) is 21.3. The zero-order valence-corrected chi connectivity index (χ0v) is 20.7. The monoisotopic (exact) mass is 506 g/mol. The van der Waals surface area contributed by atoms with E-state index >= 15 is 0 Å². The quantitative estimate of drug-likeness (QED) is 0.130. The van der Waals surface area contributed by atoms with E-state index in [1.807, 2.05) is 0 Å². The second kappa shape index (κ2) is 29.8. The van der Waals surface area contributed by atoms with Gasteiger partial charge in [-0.2, -0.15) is 0 Å². The summed E-state index contributed by atoms with van der Waals surface area (Å²) in [6.07, 6.45) is 23.0. The Balaban J connectivity index is -0.000000451. The van der Waals surface area contributed by atoms with Gasteiger partial charge in [0, 0.05) is 33.3 Å². The van der Waals surface area contributed by atoms with E-state index in [2.05, 4.69) is 13.8 Å². The fourth-order valence-electron chi connectivity index (χ4n) is 3.17. The van der Waals surface area contributed by atoms with Crippen molar-refractivity contribution < 1.29 is 40.2 Å². The largest absolute Gasteiger partial charge is 0.481 e. The third kappa shape index (κ3) is 38.8. The van der Waals surface area contributed by atoms with Crippen LogP contribution in [0, 0.1) is 0 Å². The average molecular weight is 507 g/mol. The summed E-state index contributed by atoms with van der Waals surface area (Å²) in [6, 6.07) is 0. The maximum absolute atomic E-state index is 10.2. The molecule has 0 radical (unpaired) electrons. The van der Waals surface area contributed by atoms with Crippen LogP contribution in [0.5, 0.6) is 0 Å². The minimum atomic E-state index is -0.659. The van der Waals surface area contributed by atoms with Gasteiger partial charge < -0.3 is 10.2 Å². The normalized spacial score (nSPS) is 10.0. The summed E-state index contributed by atoms with van der Waals surface area (Å²) in [6.45, 7) is 4.46. The van der Waals surface area contributed by atoms with Gasteiger partial charge in [-0.3, -0.25) is 9.59 Å². The number of unbranched alkanes of at least 4 members (excludes halogenated alkanes) is 16. The summed E-state index contributed by atoms with van der Waals surface area (Å²) in [5.41, 5.74) is 0. The van der Waals surface area contributed by atoms with E-state index in [0.717, 1.165) is 25.7 Å². The first kappa shape index (κ1) is 33.2. The molecule has 178 valence electrons. The van der Waals surface area contributed by atoms with Crippen LogP contribution in [0.2, 0.25) is 0 Å². The Bertz CT molecular complexity index is 303. The predicted octanol–water partition coefficient (Wildman–Crippen LogP) is 7.98. The summed E-state index contributed by atoms with van der Waals surface area (Å²) in [5.74, 6) is -1.32. The number of hydrogen-bond donors (Lipinski definition) is 2. The minimum absolute atomic E-state index is 0. The molecule has 29 heavy (non-hydrogen) atoms. The van der Waals surface area contributed by atoms with E-state index in [4.69, 9.17) is 10.2 Å². The molecular weight excluding hydrogens is 459 g/mol. The average Bonchev–Trinajstić information content (AvgIpc) is 2.65. The van der Waals surface area contributed by atoms with Gasteiger partial charge in [-0.05, 0) is 12.8 Å². The zero-order valence-electron chi connectivity index (χ0n) is 19.2. The number of carboxylic acids is 2. The molecule has 0 spiro atoms. The summed E-state index contributed by atoms with van der Waals surface area (Å²) >= 11 is 0. The maximum atomic E-state index is 10.2. The predicted molar refractivity (Wildman–Crippen MR) is 119 cm³/mol. The third-order valence-electron chi connectivity index (χ3n) is 4.99. The van der Waals surface area contributed by atoms with Gasteiger partial charge in [-0.15, -0.1) is 0 Å². The van der Waals surface area contributed by atoms with Crippen LogP contribution >= 0.6 is 0 Å². The summed E-state index contributed by atoms with van der Waals surface area (Å²) < 4.78 is 0. The second-order valence-electron chi connectivity index (χ2n) is 7.94. The van der Waals surface area contributed by atoms with Gasteiger partial charge in [0.2, 0.25) is 0 Å². The van der Waals surface area contributed by atoms with E-state index in [1.165, 1.54) is 89.9 Å². The molecule has 0 unspecified atom stereocenters. The number of hydrogen-bond acceptors (Lipinski definition) is 2. The Morgan fingerprint density at radius 2 is 0.655 bits per heavy atom. The van der Waals surface area contributed by atoms with Crippen LogP contribution in [0.15, 0.2) is 0 Å². The van der Waals surface area contributed by atoms with Crippen molar-refractivity contribution in [3.63, 3.8) is 0 Å². The Morgan fingerprint density at radius 3 is 0.862 bits per heavy atom. The van der Waals surface area contributed by atoms with Crippen molar-refractivity contribution in [3.05, 3.63) is 0 Å². The molecule has 0 atom stereocenters. The first-order valence-electron chi connectivity index (χ1n) is 12.0. The minimum Gasteiger partial charge on any atom is -0.481 e. The molecule has 0 aliphatic heterocycles. The number of rotatable bonds is 20. The molecule has 0 aromatic rings. The molecule has 0 aliphatic rings. The molecule has 0 bridgehead atoms. The van der Waals surface area contributed by atoms with Crippen molar-refractivity contribution in [2.24, 2.45) is 0 Å². The van der Waals surface area contributed by atoms with E-state index in [0.29, 0.717) is 12.8 Å².